The van der Waals surface area contributed by atoms with Crippen LogP contribution in [0.2, 0.25) is 0 Å². The Labute approximate surface area is 389 Å². The van der Waals surface area contributed by atoms with Crippen molar-refractivity contribution in [2.75, 3.05) is 0 Å². The zero-order valence-electron chi connectivity index (χ0n) is 36.5. The van der Waals surface area contributed by atoms with Gasteiger partial charge in [0.1, 0.15) is 0 Å². The normalized spacial score (nSPS) is 13.2. The molecule has 3 heteroatoms. The van der Waals surface area contributed by atoms with Crippen molar-refractivity contribution in [2.45, 2.75) is 91.4 Å². The fourth-order valence-electron chi connectivity index (χ4n) is 8.59. The van der Waals surface area contributed by atoms with E-state index in [0.717, 1.165) is 32.1 Å². The van der Waals surface area contributed by atoms with Crippen molar-refractivity contribution in [1.82, 2.24) is 0 Å². The Bertz CT molecular complexity index is 2250. The minimum absolute atomic E-state index is 0. The first-order valence-electron chi connectivity index (χ1n) is 21.1. The van der Waals surface area contributed by atoms with Crippen molar-refractivity contribution in [3.05, 3.63) is 226 Å². The minimum atomic E-state index is -0.0378. The molecule has 0 amide bonds. The number of benzene rings is 6. The van der Waals surface area contributed by atoms with Gasteiger partial charge in [0, 0.05) is 5.41 Å². The maximum atomic E-state index is 3.86. The van der Waals surface area contributed by atoms with E-state index in [1.54, 1.807) is 27.4 Å². The van der Waals surface area contributed by atoms with Gasteiger partial charge >= 0.3 is 112 Å². The van der Waals surface area contributed by atoms with Gasteiger partial charge in [-0.05, 0) is 64.8 Å². The van der Waals surface area contributed by atoms with E-state index in [-0.39, 0.29) is 35.6 Å². The van der Waals surface area contributed by atoms with E-state index >= 15 is 0 Å². The van der Waals surface area contributed by atoms with Crippen molar-refractivity contribution in [3.8, 4) is 11.1 Å². The Morgan fingerprint density at radius 1 is 0.667 bits per heavy atom. The Morgan fingerprint density at radius 3 is 1.70 bits per heavy atom. The Balaban J connectivity index is 0.000000285. The summed E-state index contributed by atoms with van der Waals surface area (Å²) in [6.45, 7) is 16.6. The predicted molar refractivity (Wildman–Crippen MR) is 245 cm³/mol. The summed E-state index contributed by atoms with van der Waals surface area (Å²) in [5, 5.41) is 0. The zero-order chi connectivity index (χ0) is 41.1. The van der Waals surface area contributed by atoms with E-state index in [1.165, 1.54) is 61.2 Å². The van der Waals surface area contributed by atoms with Crippen LogP contribution < -0.4 is 24.8 Å². The maximum absolute atomic E-state index is 3.86. The molecule has 0 saturated carbocycles. The number of hydrogen-bond donors (Lipinski definition) is 0. The summed E-state index contributed by atoms with van der Waals surface area (Å²) >= 11 is 1.55. The van der Waals surface area contributed by atoms with Gasteiger partial charge in [-0.2, -0.15) is 29.8 Å². The summed E-state index contributed by atoms with van der Waals surface area (Å²) in [7, 11) is 0. The number of aryl methyl sites for hydroxylation is 1. The van der Waals surface area contributed by atoms with E-state index in [9.17, 15) is 0 Å². The monoisotopic (exact) mass is 904 g/mol. The van der Waals surface area contributed by atoms with E-state index in [2.05, 4.69) is 212 Å². The molecule has 6 aromatic rings. The summed E-state index contributed by atoms with van der Waals surface area (Å²) in [5.74, 6) is 1.12. The zero-order valence-corrected chi connectivity index (χ0v) is 40.5. The quantitative estimate of drug-likeness (QED) is 0.116. The van der Waals surface area contributed by atoms with Crippen molar-refractivity contribution in [2.24, 2.45) is 11.8 Å². The van der Waals surface area contributed by atoms with Crippen LogP contribution in [-0.4, -0.2) is 3.21 Å². The van der Waals surface area contributed by atoms with Crippen LogP contribution in [0.3, 0.4) is 0 Å². The summed E-state index contributed by atoms with van der Waals surface area (Å²) < 4.78 is 1.60. The molecule has 2 atom stereocenters. The van der Waals surface area contributed by atoms with Gasteiger partial charge in [0.15, 0.2) is 0 Å². The Hall–Kier alpha value is -3.87. The molecule has 0 aromatic heterocycles. The molecule has 0 radical (unpaired) electrons. The summed E-state index contributed by atoms with van der Waals surface area (Å²) in [5.41, 5.74) is 15.4. The molecule has 308 valence electrons. The molecular formula is C57H60Cl2Zr-2. The number of rotatable bonds is 11. The van der Waals surface area contributed by atoms with Gasteiger partial charge in [-0.1, -0.05) is 120 Å². The molecular weight excluding hydrogens is 847 g/mol. The van der Waals surface area contributed by atoms with Crippen LogP contribution in [0, 0.1) is 30.9 Å². The molecule has 0 saturated heterocycles. The van der Waals surface area contributed by atoms with Crippen molar-refractivity contribution < 1.29 is 49.0 Å². The van der Waals surface area contributed by atoms with E-state index in [1.807, 2.05) is 12.2 Å². The average Bonchev–Trinajstić information content (AvgIpc) is 3.94. The molecule has 0 nitrogen and oxygen atoms in total. The number of hydrogen-bond acceptors (Lipinski definition) is 0. The van der Waals surface area contributed by atoms with E-state index < -0.39 is 0 Å². The van der Waals surface area contributed by atoms with Crippen LogP contribution in [0.5, 0.6) is 0 Å². The first kappa shape index (κ1) is 48.8. The molecule has 2 aliphatic carbocycles. The molecule has 0 aliphatic heterocycles. The molecule has 8 rings (SSSR count). The molecule has 2 unspecified atom stereocenters. The Kier molecular flexibility index (Phi) is 18.6. The third kappa shape index (κ3) is 12.6. The topological polar surface area (TPSA) is 0 Å². The van der Waals surface area contributed by atoms with Crippen molar-refractivity contribution >= 4 is 3.21 Å². The van der Waals surface area contributed by atoms with Gasteiger partial charge in [0.05, 0.1) is 0 Å². The second-order valence-electron chi connectivity index (χ2n) is 17.4. The van der Waals surface area contributed by atoms with Crippen LogP contribution in [0.15, 0.2) is 164 Å². The Morgan fingerprint density at radius 2 is 1.20 bits per heavy atom. The van der Waals surface area contributed by atoms with Gasteiger partial charge in [-0.25, -0.2) is 12.2 Å². The van der Waals surface area contributed by atoms with Gasteiger partial charge in [-0.3, -0.25) is 6.08 Å². The van der Waals surface area contributed by atoms with Gasteiger partial charge in [-0.15, -0.1) is 17.5 Å². The van der Waals surface area contributed by atoms with E-state index in [0.29, 0.717) is 11.8 Å². The first-order chi connectivity index (χ1) is 27.9. The van der Waals surface area contributed by atoms with E-state index in [4.69, 9.17) is 0 Å². The SMILES string of the molecule is Cc1cc2c(cc1C(C)(C)c1ccccc1)-c1ccc(CC(C)C(C)C(C)(C)c3ccccc3)[c-]c1C2.[C-]1=CC=CC1.[Cl-].[Cl-].[Zr+2]=[C](Cc1ccccc1)Cc1ccccc1. The van der Waals surface area contributed by atoms with Crippen LogP contribution >= 0.6 is 0 Å². The van der Waals surface area contributed by atoms with Crippen molar-refractivity contribution in [3.63, 3.8) is 0 Å². The van der Waals surface area contributed by atoms with Gasteiger partial charge < -0.3 is 24.8 Å². The summed E-state index contributed by atoms with van der Waals surface area (Å²) in [4.78, 5) is 0. The molecule has 60 heavy (non-hydrogen) atoms. The number of allylic oxidation sites excluding steroid dienone is 4. The number of fused-ring (bicyclic) bond motifs is 3. The summed E-state index contributed by atoms with van der Waals surface area (Å²) in [6, 6.07) is 56.7. The molecule has 6 aromatic carbocycles. The van der Waals surface area contributed by atoms with Crippen LogP contribution in [-0.2, 0) is 60.7 Å². The molecule has 0 fully saturated rings. The molecule has 0 heterocycles. The molecule has 0 bridgehead atoms. The second kappa shape index (κ2) is 22.8. The van der Waals surface area contributed by atoms with Crippen LogP contribution in [0.4, 0.5) is 0 Å². The third-order valence-corrected chi connectivity index (χ3v) is 13.4. The predicted octanol–water partition coefficient (Wildman–Crippen LogP) is 7.99. The van der Waals surface area contributed by atoms with Crippen LogP contribution in [0.1, 0.15) is 98.0 Å². The second-order valence-corrected chi connectivity index (χ2v) is 19.1. The molecule has 2 aliphatic rings. The van der Waals surface area contributed by atoms with Gasteiger partial charge in [0.25, 0.3) is 0 Å². The third-order valence-electron chi connectivity index (χ3n) is 12.5. The number of halogens is 2. The standard InChI is InChI=1S/C37H41.C15H14.C5H5.2ClH.Zr/c1-25(27(3)36(4,5)31-14-10-8-11-15-31)20-28-18-19-33-30(22-28)23-29-21-26(2)35(24-34(29)33)37(6,7)32-16-12-9-13-17-32;1-3-8-14(9-4-1)12-7-13-15-10-5-2-6-11-15;1-2-4-5-3-1;;;/h8-19,21,24-25,27H,20,23H2,1-7H3;1-6,8-11H,12-13H2;1-3H,4H2;2*1H;/q-1;;-1;;;+2/p-2. The molecule has 0 spiro atoms. The van der Waals surface area contributed by atoms with Crippen molar-refractivity contribution in [1.29, 1.82) is 0 Å². The fourth-order valence-corrected chi connectivity index (χ4v) is 9.59. The first-order valence-corrected chi connectivity index (χ1v) is 22.3. The fraction of sp³-hybridized carbons (Fsp3) is 0.281. The molecule has 0 N–H and O–H groups in total. The van der Waals surface area contributed by atoms with Gasteiger partial charge in [0.2, 0.25) is 0 Å². The van der Waals surface area contributed by atoms with Crippen LogP contribution in [0.25, 0.3) is 11.1 Å². The average molecular weight is 907 g/mol. The summed E-state index contributed by atoms with van der Waals surface area (Å²) in [6.07, 6.45) is 14.3.